The number of methoxy groups -OCH3 is 1. The number of pyridine rings is 1. The molecule has 1 aromatic heterocycles. The molecule has 1 aliphatic heterocycles. The van der Waals surface area contributed by atoms with E-state index in [1.807, 2.05) is 23.1 Å². The van der Waals surface area contributed by atoms with Gasteiger partial charge in [-0.05, 0) is 61.1 Å². The lowest BCUT2D eigenvalue weighted by atomic mass is 9.69. The van der Waals surface area contributed by atoms with Crippen molar-refractivity contribution in [3.8, 4) is 16.9 Å². The Balaban J connectivity index is 1.51. The predicted octanol–water partition coefficient (Wildman–Crippen LogP) is 5.29. The number of carbonyl (C=O) groups excluding carboxylic acids is 1. The van der Waals surface area contributed by atoms with Gasteiger partial charge in [0.15, 0.2) is 0 Å². The van der Waals surface area contributed by atoms with Crippen molar-refractivity contribution in [3.63, 3.8) is 0 Å². The summed E-state index contributed by atoms with van der Waals surface area (Å²) in [5.41, 5.74) is 3.68. The number of hydrogen-bond donors (Lipinski definition) is 1. The van der Waals surface area contributed by atoms with Gasteiger partial charge in [0.05, 0.1) is 19.3 Å². The molecule has 0 unspecified atom stereocenters. The molecule has 2 atom stereocenters. The maximum absolute atomic E-state index is 13.5. The number of aliphatic hydroxyl groups is 1. The summed E-state index contributed by atoms with van der Waals surface area (Å²) in [7, 11) is 1.62. The number of nitrogens with zero attached hydrogens (tertiary/aromatic N) is 2. The molecule has 1 fully saturated rings. The average molecular weight is 463 g/mol. The van der Waals surface area contributed by atoms with Crippen molar-refractivity contribution in [2.75, 3.05) is 20.3 Å². The second-order valence-corrected chi connectivity index (χ2v) is 9.04. The highest BCUT2D eigenvalue weighted by Gasteiger charge is 2.41. The molecule has 2 aromatic carbocycles. The van der Waals surface area contributed by atoms with Crippen LogP contribution >= 0.6 is 0 Å². The molecule has 0 spiro atoms. The van der Waals surface area contributed by atoms with Crippen LogP contribution in [-0.2, 0) is 10.2 Å². The number of aromatic nitrogens is 1. The molecule has 1 N–H and O–H groups in total. The Kier molecular flexibility index (Phi) is 7.27. The van der Waals surface area contributed by atoms with Crippen molar-refractivity contribution >= 4 is 5.91 Å². The highest BCUT2D eigenvalue weighted by molar-refractivity contribution is 5.79. The first-order chi connectivity index (χ1) is 16.5. The molecule has 178 valence electrons. The summed E-state index contributed by atoms with van der Waals surface area (Å²) in [5, 5.41) is 9.42. The van der Waals surface area contributed by atoms with Gasteiger partial charge in [-0.3, -0.25) is 9.78 Å². The Morgan fingerprint density at radius 3 is 2.50 bits per heavy atom. The van der Waals surface area contributed by atoms with Crippen molar-refractivity contribution in [2.24, 2.45) is 0 Å². The summed E-state index contributed by atoms with van der Waals surface area (Å²) in [6.07, 6.45) is 5.93. The fraction of sp³-hybridized carbons (Fsp3) is 0.357. The normalized spacial score (nSPS) is 19.2. The number of benzene rings is 2. The lowest BCUT2D eigenvalue weighted by Gasteiger charge is -2.44. The number of aliphatic hydroxyl groups excluding tert-OH is 1. The molecular formula is C28H31FN2O3. The van der Waals surface area contributed by atoms with Crippen LogP contribution in [0.4, 0.5) is 4.39 Å². The van der Waals surface area contributed by atoms with Gasteiger partial charge in [-0.2, -0.15) is 0 Å². The monoisotopic (exact) mass is 462 g/mol. The lowest BCUT2D eigenvalue weighted by Crippen LogP contribution is -2.47. The Bertz CT molecular complexity index is 1120. The smallest absolute Gasteiger partial charge is 0.223 e. The van der Waals surface area contributed by atoms with E-state index < -0.39 is 0 Å². The van der Waals surface area contributed by atoms with Gasteiger partial charge in [0.1, 0.15) is 11.6 Å². The second kappa shape index (κ2) is 10.3. The molecule has 1 amide bonds. The van der Waals surface area contributed by atoms with Crippen LogP contribution in [0.2, 0.25) is 0 Å². The van der Waals surface area contributed by atoms with Gasteiger partial charge in [0.25, 0.3) is 0 Å². The number of ether oxygens (including phenoxy) is 1. The number of halogens is 1. The van der Waals surface area contributed by atoms with Gasteiger partial charge >= 0.3 is 0 Å². The first-order valence-electron chi connectivity index (χ1n) is 11.7. The summed E-state index contributed by atoms with van der Waals surface area (Å²) in [4.78, 5) is 19.5. The van der Waals surface area contributed by atoms with Crippen LogP contribution in [0, 0.1) is 5.82 Å². The minimum Gasteiger partial charge on any atom is -0.495 e. The van der Waals surface area contributed by atoms with Crippen molar-refractivity contribution in [2.45, 2.75) is 44.1 Å². The molecule has 4 rings (SSSR count). The average Bonchev–Trinajstić information content (AvgIpc) is 2.87. The highest BCUT2D eigenvalue weighted by Crippen LogP contribution is 2.42. The molecular weight excluding hydrogens is 431 g/mol. The Morgan fingerprint density at radius 1 is 1.12 bits per heavy atom. The first kappa shape index (κ1) is 23.9. The van der Waals surface area contributed by atoms with E-state index in [1.165, 1.54) is 12.1 Å². The van der Waals surface area contributed by atoms with E-state index in [0.29, 0.717) is 31.6 Å². The summed E-state index contributed by atoms with van der Waals surface area (Å²) >= 11 is 0. The molecule has 5 nitrogen and oxygen atoms in total. The SMILES string of the molecule is COc1cncc(-c2ccc([C@H](C)N3CC[C@](CCCO)(c4ccc(F)cc4)CC3=O)cc2)c1. The van der Waals surface area contributed by atoms with E-state index >= 15 is 0 Å². The molecule has 0 saturated carbocycles. The molecule has 2 heterocycles. The molecule has 3 aromatic rings. The molecule has 0 aliphatic carbocycles. The van der Waals surface area contributed by atoms with Crippen LogP contribution in [0.15, 0.2) is 67.0 Å². The number of likely N-dealkylation sites (tertiary alicyclic amines) is 1. The van der Waals surface area contributed by atoms with E-state index in [-0.39, 0.29) is 29.8 Å². The minimum atomic E-state index is -0.368. The standard InChI is InChI=1S/C28H31FN2O3/c1-20(21-4-6-22(7-5-21)23-16-26(34-2)19-30-18-23)31-14-13-28(12-3-15-32,17-27(31)33)24-8-10-25(29)11-9-24/h4-11,16,18-20,32H,3,12-15,17H2,1-2H3/t20-,28-/m0/s1. The number of amides is 1. The molecule has 1 aliphatic rings. The molecule has 0 bridgehead atoms. The molecule has 0 radical (unpaired) electrons. The van der Waals surface area contributed by atoms with Crippen molar-refractivity contribution < 1.29 is 19.0 Å². The number of piperidine rings is 1. The summed E-state index contributed by atoms with van der Waals surface area (Å²) < 4.78 is 18.8. The summed E-state index contributed by atoms with van der Waals surface area (Å²) in [5.74, 6) is 0.508. The number of carbonyl (C=O) groups is 1. The van der Waals surface area contributed by atoms with Gasteiger partial charge in [0.2, 0.25) is 5.91 Å². The van der Waals surface area contributed by atoms with Crippen LogP contribution in [0.25, 0.3) is 11.1 Å². The van der Waals surface area contributed by atoms with E-state index in [2.05, 4.69) is 24.0 Å². The predicted molar refractivity (Wildman–Crippen MR) is 130 cm³/mol. The van der Waals surface area contributed by atoms with Crippen LogP contribution in [0.1, 0.15) is 49.8 Å². The third-order valence-corrected chi connectivity index (χ3v) is 7.05. The van der Waals surface area contributed by atoms with E-state index in [9.17, 15) is 14.3 Å². The highest BCUT2D eigenvalue weighted by atomic mass is 19.1. The van der Waals surface area contributed by atoms with Gasteiger partial charge in [-0.15, -0.1) is 0 Å². The molecule has 6 heteroatoms. The van der Waals surface area contributed by atoms with Crippen LogP contribution in [-0.4, -0.2) is 41.2 Å². The van der Waals surface area contributed by atoms with E-state index in [4.69, 9.17) is 4.74 Å². The van der Waals surface area contributed by atoms with Gasteiger partial charge in [-0.25, -0.2) is 4.39 Å². The van der Waals surface area contributed by atoms with Crippen LogP contribution in [0.3, 0.4) is 0 Å². The first-order valence-corrected chi connectivity index (χ1v) is 11.7. The van der Waals surface area contributed by atoms with Crippen molar-refractivity contribution in [1.29, 1.82) is 0 Å². The van der Waals surface area contributed by atoms with Gasteiger partial charge in [-0.1, -0.05) is 36.4 Å². The summed E-state index contributed by atoms with van der Waals surface area (Å²) in [6.45, 7) is 2.75. The second-order valence-electron chi connectivity index (χ2n) is 9.04. The van der Waals surface area contributed by atoms with Crippen molar-refractivity contribution in [3.05, 3.63) is 83.9 Å². The quantitative estimate of drug-likeness (QED) is 0.494. The van der Waals surface area contributed by atoms with Crippen LogP contribution < -0.4 is 4.74 Å². The third-order valence-electron chi connectivity index (χ3n) is 7.05. The zero-order valence-corrected chi connectivity index (χ0v) is 19.7. The van der Waals surface area contributed by atoms with Crippen molar-refractivity contribution in [1.82, 2.24) is 9.88 Å². The Hall–Kier alpha value is -3.25. The lowest BCUT2D eigenvalue weighted by molar-refractivity contribution is -0.138. The maximum Gasteiger partial charge on any atom is 0.223 e. The number of hydrogen-bond acceptors (Lipinski definition) is 4. The summed E-state index contributed by atoms with van der Waals surface area (Å²) in [6, 6.07) is 16.6. The fourth-order valence-corrected chi connectivity index (χ4v) is 5.00. The topological polar surface area (TPSA) is 62.7 Å². The molecule has 1 saturated heterocycles. The van der Waals surface area contributed by atoms with E-state index in [1.54, 1.807) is 31.6 Å². The zero-order chi connectivity index (χ0) is 24.1. The minimum absolute atomic E-state index is 0.0611. The zero-order valence-electron chi connectivity index (χ0n) is 19.7. The van der Waals surface area contributed by atoms with E-state index in [0.717, 1.165) is 28.7 Å². The number of rotatable bonds is 8. The van der Waals surface area contributed by atoms with Gasteiger partial charge < -0.3 is 14.7 Å². The maximum atomic E-state index is 13.5. The Labute approximate surface area is 200 Å². The van der Waals surface area contributed by atoms with Crippen LogP contribution in [0.5, 0.6) is 5.75 Å². The largest absolute Gasteiger partial charge is 0.495 e. The fourth-order valence-electron chi connectivity index (χ4n) is 5.00. The third kappa shape index (κ3) is 4.97. The Morgan fingerprint density at radius 2 is 1.85 bits per heavy atom. The van der Waals surface area contributed by atoms with Gasteiger partial charge in [0, 0.05) is 36.7 Å². The molecule has 34 heavy (non-hydrogen) atoms.